The van der Waals surface area contributed by atoms with Crippen LogP contribution in [0.4, 0.5) is 10.5 Å². The van der Waals surface area contributed by atoms with E-state index in [0.29, 0.717) is 5.92 Å². The fourth-order valence-electron chi connectivity index (χ4n) is 3.68. The number of nitrogens with zero attached hydrogens (tertiary/aromatic N) is 2. The van der Waals surface area contributed by atoms with E-state index in [4.69, 9.17) is 11.6 Å². The summed E-state index contributed by atoms with van der Waals surface area (Å²) in [6.45, 7) is 3.79. The number of rotatable bonds is 5. The summed E-state index contributed by atoms with van der Waals surface area (Å²) < 4.78 is 28.6. The van der Waals surface area contributed by atoms with Crippen LogP contribution in [-0.2, 0) is 22.9 Å². The predicted molar refractivity (Wildman–Crippen MR) is 107 cm³/mol. The van der Waals surface area contributed by atoms with Gasteiger partial charge in [0.1, 0.15) is 0 Å². The molecule has 0 saturated heterocycles. The third kappa shape index (κ3) is 3.63. The van der Waals surface area contributed by atoms with Crippen LogP contribution in [0.1, 0.15) is 61.8 Å². The zero-order valence-electron chi connectivity index (χ0n) is 15.8. The van der Waals surface area contributed by atoms with E-state index in [2.05, 4.69) is 15.1 Å². The Morgan fingerprint density at radius 1 is 1.29 bits per heavy atom. The first kappa shape index (κ1) is 19.3. The van der Waals surface area contributed by atoms with E-state index in [-0.39, 0.29) is 11.1 Å². The number of urea groups is 1. The molecule has 0 spiro atoms. The molecule has 28 heavy (non-hydrogen) atoms. The zero-order chi connectivity index (χ0) is 20.1. The Morgan fingerprint density at radius 2 is 2.00 bits per heavy atom. The highest BCUT2D eigenvalue weighted by Crippen LogP contribution is 2.48. The summed E-state index contributed by atoms with van der Waals surface area (Å²) in [6.07, 6.45) is 6.36. The first-order valence-corrected chi connectivity index (χ1v) is 11.4. The molecule has 0 radical (unpaired) electrons. The fraction of sp³-hybridized carbons (Fsp3) is 0.474. The molecule has 150 valence electrons. The number of hydrogen-bond donors (Lipinski definition) is 2. The number of halogens is 1. The number of sulfonamides is 1. The highest BCUT2D eigenvalue weighted by atomic mass is 35.5. The first-order valence-electron chi connectivity index (χ1n) is 9.49. The van der Waals surface area contributed by atoms with Crippen LogP contribution in [0.2, 0.25) is 5.02 Å². The number of fused-ring (bicyclic) bond motifs is 1. The van der Waals surface area contributed by atoms with Crippen molar-refractivity contribution in [2.45, 2.75) is 62.9 Å². The standard InChI is InChI=1S/C19H23ClN4O3S/c1-11(2)24-9-8-17(22-24)28(26,27)23-19(25)21-18-14-5-3-4-13(14)16(20)10-15(18)12-6-7-12/h8-12H,3-7H2,1-2H3,(H2,21,23,25). The summed E-state index contributed by atoms with van der Waals surface area (Å²) in [5, 5.41) is 7.39. The van der Waals surface area contributed by atoms with Crippen LogP contribution in [-0.4, -0.2) is 24.2 Å². The Kier molecular flexibility index (Phi) is 4.87. The van der Waals surface area contributed by atoms with Gasteiger partial charge < -0.3 is 5.32 Å². The molecule has 7 nitrogen and oxygen atoms in total. The van der Waals surface area contributed by atoms with Crippen molar-refractivity contribution < 1.29 is 13.2 Å². The summed E-state index contributed by atoms with van der Waals surface area (Å²) in [4.78, 5) is 12.6. The van der Waals surface area contributed by atoms with Gasteiger partial charge in [-0.15, -0.1) is 0 Å². The molecule has 9 heteroatoms. The fourth-order valence-corrected chi connectivity index (χ4v) is 4.85. The van der Waals surface area contributed by atoms with E-state index in [0.717, 1.165) is 59.5 Å². The average Bonchev–Trinajstić information content (AvgIpc) is 3.12. The van der Waals surface area contributed by atoms with Crippen LogP contribution in [0.15, 0.2) is 23.4 Å². The van der Waals surface area contributed by atoms with Crippen molar-refractivity contribution >= 4 is 33.3 Å². The number of aromatic nitrogens is 2. The molecule has 0 aliphatic heterocycles. The number of carbonyl (C=O) groups is 1. The van der Waals surface area contributed by atoms with E-state index in [1.807, 2.05) is 19.9 Å². The lowest BCUT2D eigenvalue weighted by Crippen LogP contribution is -2.35. The molecule has 1 aromatic heterocycles. The summed E-state index contributed by atoms with van der Waals surface area (Å²) in [5.41, 5.74) is 3.81. The van der Waals surface area contributed by atoms with Gasteiger partial charge in [0, 0.05) is 22.9 Å². The van der Waals surface area contributed by atoms with Crippen molar-refractivity contribution in [1.29, 1.82) is 0 Å². The highest BCUT2D eigenvalue weighted by Gasteiger charge is 2.32. The van der Waals surface area contributed by atoms with Crippen LogP contribution in [0.5, 0.6) is 0 Å². The second kappa shape index (κ2) is 7.08. The molecule has 4 rings (SSSR count). The van der Waals surface area contributed by atoms with Crippen molar-refractivity contribution in [1.82, 2.24) is 14.5 Å². The molecule has 1 heterocycles. The average molecular weight is 423 g/mol. The maximum absolute atomic E-state index is 12.6. The summed E-state index contributed by atoms with van der Waals surface area (Å²) >= 11 is 6.43. The van der Waals surface area contributed by atoms with Crippen LogP contribution in [0.25, 0.3) is 0 Å². The van der Waals surface area contributed by atoms with Gasteiger partial charge in [0.05, 0.1) is 0 Å². The highest BCUT2D eigenvalue weighted by molar-refractivity contribution is 7.90. The summed E-state index contributed by atoms with van der Waals surface area (Å²) in [6, 6.07) is 2.55. The molecule has 1 aromatic carbocycles. The molecular formula is C19H23ClN4O3S. The number of benzene rings is 1. The van der Waals surface area contributed by atoms with Gasteiger partial charge in [-0.25, -0.2) is 9.52 Å². The van der Waals surface area contributed by atoms with E-state index in [9.17, 15) is 13.2 Å². The number of carbonyl (C=O) groups excluding carboxylic acids is 1. The zero-order valence-corrected chi connectivity index (χ0v) is 17.4. The van der Waals surface area contributed by atoms with Gasteiger partial charge in [0.25, 0.3) is 10.0 Å². The van der Waals surface area contributed by atoms with Crippen molar-refractivity contribution in [3.8, 4) is 0 Å². The molecule has 0 atom stereocenters. The Hall–Kier alpha value is -2.06. The molecule has 2 aliphatic carbocycles. The predicted octanol–water partition coefficient (Wildman–Crippen LogP) is 3.99. The minimum atomic E-state index is -4.05. The number of amides is 2. The van der Waals surface area contributed by atoms with Crippen LogP contribution >= 0.6 is 11.6 Å². The molecule has 0 unspecified atom stereocenters. The maximum atomic E-state index is 12.6. The molecule has 2 N–H and O–H groups in total. The molecule has 1 fully saturated rings. The normalized spacial score (nSPS) is 16.3. The van der Waals surface area contributed by atoms with Gasteiger partial charge in [0.15, 0.2) is 5.03 Å². The lowest BCUT2D eigenvalue weighted by molar-refractivity contribution is 0.256. The van der Waals surface area contributed by atoms with E-state index < -0.39 is 16.1 Å². The second-order valence-corrected chi connectivity index (χ2v) is 9.73. The molecule has 0 bridgehead atoms. The molecule has 2 aromatic rings. The van der Waals surface area contributed by atoms with E-state index in [1.54, 1.807) is 6.20 Å². The Labute approximate surface area is 169 Å². The largest absolute Gasteiger partial charge is 0.333 e. The molecule has 2 amide bonds. The molecule has 1 saturated carbocycles. The Morgan fingerprint density at radius 3 is 2.64 bits per heavy atom. The maximum Gasteiger partial charge on any atom is 0.333 e. The number of hydrogen-bond acceptors (Lipinski definition) is 4. The summed E-state index contributed by atoms with van der Waals surface area (Å²) in [5.74, 6) is 0.372. The minimum absolute atomic E-state index is 0.0236. The van der Waals surface area contributed by atoms with Crippen LogP contribution in [0, 0.1) is 0 Å². The van der Waals surface area contributed by atoms with E-state index >= 15 is 0 Å². The molecule has 2 aliphatic rings. The second-order valence-electron chi connectivity index (χ2n) is 7.69. The van der Waals surface area contributed by atoms with Crippen molar-refractivity contribution in [2.24, 2.45) is 0 Å². The van der Waals surface area contributed by atoms with Gasteiger partial charge >= 0.3 is 6.03 Å². The lowest BCUT2D eigenvalue weighted by atomic mass is 9.99. The van der Waals surface area contributed by atoms with E-state index in [1.165, 1.54) is 10.7 Å². The number of nitrogens with one attached hydrogen (secondary N) is 2. The quantitative estimate of drug-likeness (QED) is 0.761. The summed E-state index contributed by atoms with van der Waals surface area (Å²) in [7, 11) is -4.05. The van der Waals surface area contributed by atoms with Gasteiger partial charge in [-0.1, -0.05) is 11.6 Å². The Bertz CT molecular complexity index is 1040. The monoisotopic (exact) mass is 422 g/mol. The van der Waals surface area contributed by atoms with Gasteiger partial charge in [0.2, 0.25) is 0 Å². The molecular weight excluding hydrogens is 400 g/mol. The van der Waals surface area contributed by atoms with Gasteiger partial charge in [-0.3, -0.25) is 4.68 Å². The topological polar surface area (TPSA) is 93.1 Å². The third-order valence-corrected chi connectivity index (χ3v) is 6.81. The number of anilines is 1. The smallest absolute Gasteiger partial charge is 0.307 e. The SMILES string of the molecule is CC(C)n1ccc(S(=O)(=O)NC(=O)Nc2c(C3CC3)cc(Cl)c3c2CCC3)n1. The lowest BCUT2D eigenvalue weighted by Gasteiger charge is -2.17. The van der Waals surface area contributed by atoms with Gasteiger partial charge in [-0.05, 0) is 80.7 Å². The first-order chi connectivity index (χ1) is 13.3. The van der Waals surface area contributed by atoms with Crippen molar-refractivity contribution in [2.75, 3.05) is 5.32 Å². The van der Waals surface area contributed by atoms with Crippen LogP contribution in [0.3, 0.4) is 0 Å². The third-order valence-electron chi connectivity index (χ3n) is 5.25. The van der Waals surface area contributed by atoms with Gasteiger partial charge in [-0.2, -0.15) is 13.5 Å². The van der Waals surface area contributed by atoms with Crippen molar-refractivity contribution in [3.63, 3.8) is 0 Å². The minimum Gasteiger partial charge on any atom is -0.307 e. The van der Waals surface area contributed by atoms with Crippen molar-refractivity contribution in [3.05, 3.63) is 40.0 Å². The Balaban J connectivity index is 1.58. The van der Waals surface area contributed by atoms with Crippen LogP contribution < -0.4 is 10.0 Å².